The van der Waals surface area contributed by atoms with E-state index in [1.165, 1.54) is 9.18 Å². The van der Waals surface area contributed by atoms with Gasteiger partial charge in [0.05, 0.1) is 0 Å². The molecule has 0 unspecified atom stereocenters. The van der Waals surface area contributed by atoms with Crippen LogP contribution in [-0.2, 0) is 16.8 Å². The van der Waals surface area contributed by atoms with Crippen LogP contribution in [0.2, 0.25) is 0 Å². The van der Waals surface area contributed by atoms with Gasteiger partial charge in [-0.3, -0.25) is 4.90 Å². The van der Waals surface area contributed by atoms with E-state index in [2.05, 4.69) is 16.3 Å². The van der Waals surface area contributed by atoms with Gasteiger partial charge in [-0.25, -0.2) is 0 Å². The van der Waals surface area contributed by atoms with Gasteiger partial charge in [0.2, 0.25) is 0 Å². The lowest BCUT2D eigenvalue weighted by atomic mass is 10.3. The van der Waals surface area contributed by atoms with E-state index >= 15 is 0 Å². The van der Waals surface area contributed by atoms with Crippen LogP contribution >= 0.6 is 11.3 Å². The zero-order valence-corrected chi connectivity index (χ0v) is 12.4. The van der Waals surface area contributed by atoms with Crippen LogP contribution < -0.4 is 0 Å². The van der Waals surface area contributed by atoms with Crippen LogP contribution in [0.3, 0.4) is 0 Å². The molecule has 102 valence electrons. The van der Waals surface area contributed by atoms with Crippen molar-refractivity contribution in [3.63, 3.8) is 0 Å². The van der Waals surface area contributed by atoms with Gasteiger partial charge in [-0.1, -0.05) is 6.07 Å². The summed E-state index contributed by atoms with van der Waals surface area (Å²) in [6, 6.07) is 4.17. The number of nitrogens with zero attached hydrogens (tertiary/aromatic N) is 3. The molecule has 0 saturated carbocycles. The fourth-order valence-corrected chi connectivity index (χ4v) is 3.81. The molecule has 0 aromatic carbocycles. The normalized spacial score (nSPS) is 19.5. The molecule has 2 heterocycles. The summed E-state index contributed by atoms with van der Waals surface area (Å²) in [5.41, 5.74) is 0. The fourth-order valence-electron chi connectivity index (χ4n) is 1.97. The monoisotopic (exact) mass is 289 g/mol. The van der Waals surface area contributed by atoms with Crippen LogP contribution in [0, 0.1) is 0 Å². The lowest BCUT2D eigenvalue weighted by molar-refractivity contribution is 0.178. The number of hydrogen-bond acceptors (Lipinski definition) is 4. The van der Waals surface area contributed by atoms with Crippen molar-refractivity contribution < 1.29 is 8.42 Å². The van der Waals surface area contributed by atoms with Crippen molar-refractivity contribution in [2.45, 2.75) is 6.54 Å². The van der Waals surface area contributed by atoms with Crippen molar-refractivity contribution in [1.82, 2.24) is 13.5 Å². The Balaban J connectivity index is 1.89. The lowest BCUT2D eigenvalue weighted by Crippen LogP contribution is -2.51. The van der Waals surface area contributed by atoms with Crippen molar-refractivity contribution in [2.24, 2.45) is 0 Å². The smallest absolute Gasteiger partial charge is 0.281 e. The van der Waals surface area contributed by atoms with Crippen LogP contribution in [-0.4, -0.2) is 62.2 Å². The minimum Gasteiger partial charge on any atom is -0.296 e. The van der Waals surface area contributed by atoms with Gasteiger partial charge in [-0.2, -0.15) is 17.0 Å². The van der Waals surface area contributed by atoms with Gasteiger partial charge in [0.1, 0.15) is 0 Å². The highest BCUT2D eigenvalue weighted by Crippen LogP contribution is 2.15. The summed E-state index contributed by atoms with van der Waals surface area (Å²) in [6.07, 6.45) is 0. The molecule has 0 bridgehead atoms. The first-order chi connectivity index (χ1) is 8.50. The van der Waals surface area contributed by atoms with E-state index in [0.717, 1.165) is 19.6 Å². The average Bonchev–Trinajstić information content (AvgIpc) is 2.82. The van der Waals surface area contributed by atoms with Gasteiger partial charge in [0.25, 0.3) is 10.2 Å². The van der Waals surface area contributed by atoms with Gasteiger partial charge < -0.3 is 0 Å². The third-order valence-electron chi connectivity index (χ3n) is 3.08. The van der Waals surface area contributed by atoms with E-state index in [1.54, 1.807) is 29.7 Å². The van der Waals surface area contributed by atoms with Crippen LogP contribution in [0.15, 0.2) is 17.5 Å². The maximum Gasteiger partial charge on any atom is 0.281 e. The molecule has 2 rings (SSSR count). The van der Waals surface area contributed by atoms with Gasteiger partial charge in [0, 0.05) is 51.7 Å². The summed E-state index contributed by atoms with van der Waals surface area (Å²) in [5.74, 6) is 0. The highest BCUT2D eigenvalue weighted by molar-refractivity contribution is 7.86. The molecule has 0 radical (unpaired) electrons. The van der Waals surface area contributed by atoms with Crippen molar-refractivity contribution >= 4 is 21.5 Å². The van der Waals surface area contributed by atoms with E-state index in [4.69, 9.17) is 0 Å². The molecular weight excluding hydrogens is 270 g/mol. The van der Waals surface area contributed by atoms with E-state index in [1.807, 2.05) is 6.07 Å². The summed E-state index contributed by atoms with van der Waals surface area (Å²) in [4.78, 5) is 3.63. The summed E-state index contributed by atoms with van der Waals surface area (Å²) in [6.45, 7) is 3.67. The van der Waals surface area contributed by atoms with Gasteiger partial charge in [-0.05, 0) is 11.4 Å². The Kier molecular flexibility index (Phi) is 4.39. The van der Waals surface area contributed by atoms with Crippen molar-refractivity contribution in [2.75, 3.05) is 40.3 Å². The topological polar surface area (TPSA) is 43.9 Å². The quantitative estimate of drug-likeness (QED) is 0.818. The average molecular weight is 289 g/mol. The fraction of sp³-hybridized carbons (Fsp3) is 0.636. The largest absolute Gasteiger partial charge is 0.296 e. The number of rotatable bonds is 4. The second kappa shape index (κ2) is 5.66. The van der Waals surface area contributed by atoms with Crippen LogP contribution in [0.25, 0.3) is 0 Å². The Hall–Kier alpha value is -0.470. The molecule has 0 amide bonds. The van der Waals surface area contributed by atoms with Gasteiger partial charge in [0.15, 0.2) is 0 Å². The van der Waals surface area contributed by atoms with Crippen LogP contribution in [0.1, 0.15) is 4.88 Å². The molecule has 1 aliphatic heterocycles. The van der Waals surface area contributed by atoms with E-state index < -0.39 is 10.2 Å². The Morgan fingerprint density at radius 2 is 1.94 bits per heavy atom. The molecule has 5 nitrogen and oxygen atoms in total. The Morgan fingerprint density at radius 1 is 1.28 bits per heavy atom. The van der Waals surface area contributed by atoms with Gasteiger partial charge >= 0.3 is 0 Å². The molecule has 7 heteroatoms. The molecule has 0 aliphatic carbocycles. The van der Waals surface area contributed by atoms with Crippen molar-refractivity contribution in [3.8, 4) is 0 Å². The maximum absolute atomic E-state index is 11.9. The highest BCUT2D eigenvalue weighted by atomic mass is 32.2. The predicted molar refractivity (Wildman–Crippen MR) is 73.8 cm³/mol. The van der Waals surface area contributed by atoms with E-state index in [-0.39, 0.29) is 0 Å². The van der Waals surface area contributed by atoms with Crippen LogP contribution in [0.4, 0.5) is 0 Å². The molecule has 1 aromatic heterocycles. The first-order valence-electron chi connectivity index (χ1n) is 5.92. The molecule has 1 fully saturated rings. The predicted octanol–water partition coefficient (Wildman–Crippen LogP) is 0.672. The molecule has 1 saturated heterocycles. The summed E-state index contributed by atoms with van der Waals surface area (Å²) >= 11 is 1.75. The zero-order chi connectivity index (χ0) is 13.2. The molecule has 0 spiro atoms. The number of piperazine rings is 1. The molecule has 0 N–H and O–H groups in total. The van der Waals surface area contributed by atoms with Crippen LogP contribution in [0.5, 0.6) is 0 Å². The van der Waals surface area contributed by atoms with E-state index in [9.17, 15) is 8.42 Å². The first kappa shape index (κ1) is 14.0. The van der Waals surface area contributed by atoms with Gasteiger partial charge in [-0.15, -0.1) is 11.3 Å². The first-order valence-corrected chi connectivity index (χ1v) is 8.20. The Labute approximate surface area is 113 Å². The van der Waals surface area contributed by atoms with Crippen molar-refractivity contribution in [3.05, 3.63) is 22.4 Å². The lowest BCUT2D eigenvalue weighted by Gasteiger charge is -2.34. The SMILES string of the molecule is CN(C)S(=O)(=O)N1CCN(Cc2cccs2)CC1. The second-order valence-corrected chi connectivity index (χ2v) is 7.72. The Bertz CT molecular complexity index is 462. The molecule has 18 heavy (non-hydrogen) atoms. The van der Waals surface area contributed by atoms with E-state index in [0.29, 0.717) is 13.1 Å². The number of hydrogen-bond donors (Lipinski definition) is 0. The minimum absolute atomic E-state index is 0.575. The molecule has 1 aliphatic rings. The third kappa shape index (κ3) is 3.10. The molecular formula is C11H19N3O2S2. The van der Waals surface area contributed by atoms with Crippen molar-refractivity contribution in [1.29, 1.82) is 0 Å². The number of thiophene rings is 1. The third-order valence-corrected chi connectivity index (χ3v) is 5.88. The summed E-state index contributed by atoms with van der Waals surface area (Å²) < 4.78 is 26.7. The standard InChI is InChI=1S/C11H19N3O2S2/c1-12(2)18(15,16)14-7-5-13(6-8-14)10-11-4-3-9-17-11/h3-4,9H,5-8,10H2,1-2H3. The Morgan fingerprint density at radius 3 is 2.44 bits per heavy atom. The zero-order valence-electron chi connectivity index (χ0n) is 10.7. The summed E-state index contributed by atoms with van der Waals surface area (Å²) in [7, 11) is -0.0893. The maximum atomic E-state index is 11.9. The summed E-state index contributed by atoms with van der Waals surface area (Å²) in [5, 5.41) is 2.07. The molecule has 1 aromatic rings. The minimum atomic E-state index is -3.24. The second-order valence-electron chi connectivity index (χ2n) is 4.54. The highest BCUT2D eigenvalue weighted by Gasteiger charge is 2.28. The molecule has 0 atom stereocenters.